The first-order chi connectivity index (χ1) is 13.3. The molecule has 2 aromatic rings. The molecule has 0 bridgehead atoms. The van der Waals surface area contributed by atoms with E-state index in [1.54, 1.807) is 13.4 Å². The summed E-state index contributed by atoms with van der Waals surface area (Å²) < 4.78 is 22.9. The van der Waals surface area contributed by atoms with Gasteiger partial charge in [0.2, 0.25) is 0 Å². The van der Waals surface area contributed by atoms with E-state index in [0.717, 1.165) is 24.3 Å². The highest BCUT2D eigenvalue weighted by atomic mass is 16.5. The molecule has 4 heteroatoms. The summed E-state index contributed by atoms with van der Waals surface area (Å²) in [6.45, 7) is 4.47. The quantitative estimate of drug-likeness (QED) is 0.491. The maximum atomic E-state index is 6.11. The van der Waals surface area contributed by atoms with E-state index in [1.165, 1.54) is 5.56 Å². The van der Waals surface area contributed by atoms with Gasteiger partial charge in [-0.2, -0.15) is 0 Å². The molecule has 0 aliphatic carbocycles. The van der Waals surface area contributed by atoms with Crippen LogP contribution in [-0.2, 0) is 16.1 Å². The van der Waals surface area contributed by atoms with Crippen molar-refractivity contribution < 1.29 is 18.9 Å². The third kappa shape index (κ3) is 5.98. The molecule has 142 valence electrons. The Morgan fingerprint density at radius 3 is 2.41 bits per heavy atom. The standard InChI is InChI=1S/C23H26O4/c1-3-19-15-23(26-17-18-7-5-4-6-8-18)16-22(27-19)13-14-25-21-11-9-20(24-2)10-12-21/h3-14,19,22-23H,1,15-17H2,2H3/b14-13-/t19-,22+,23+/m0/s1. The van der Waals surface area contributed by atoms with Gasteiger partial charge in [-0.1, -0.05) is 36.4 Å². The topological polar surface area (TPSA) is 36.9 Å². The molecule has 1 aliphatic rings. The molecular weight excluding hydrogens is 340 g/mol. The zero-order valence-electron chi connectivity index (χ0n) is 15.6. The van der Waals surface area contributed by atoms with Gasteiger partial charge in [0, 0.05) is 12.8 Å². The maximum absolute atomic E-state index is 6.11. The zero-order chi connectivity index (χ0) is 18.9. The van der Waals surface area contributed by atoms with Crippen LogP contribution in [0.15, 0.2) is 79.6 Å². The molecule has 27 heavy (non-hydrogen) atoms. The lowest BCUT2D eigenvalue weighted by Crippen LogP contribution is -2.35. The lowest BCUT2D eigenvalue weighted by molar-refractivity contribution is -0.0871. The molecule has 0 saturated carbocycles. The number of ether oxygens (including phenoxy) is 4. The van der Waals surface area contributed by atoms with Gasteiger partial charge in [-0.05, 0) is 35.9 Å². The van der Waals surface area contributed by atoms with Crippen LogP contribution >= 0.6 is 0 Å². The van der Waals surface area contributed by atoms with E-state index in [0.29, 0.717) is 6.61 Å². The average molecular weight is 366 g/mol. The molecule has 3 atom stereocenters. The number of rotatable bonds is 8. The highest BCUT2D eigenvalue weighted by molar-refractivity contribution is 5.31. The van der Waals surface area contributed by atoms with Gasteiger partial charge >= 0.3 is 0 Å². The summed E-state index contributed by atoms with van der Waals surface area (Å²) in [5.41, 5.74) is 1.18. The summed E-state index contributed by atoms with van der Waals surface area (Å²) in [5, 5.41) is 0. The SMILES string of the molecule is C=C[C@H]1C[C@@H](OCc2ccccc2)C[C@@H](/C=C\Oc2ccc(OC)cc2)O1. The fourth-order valence-corrected chi connectivity index (χ4v) is 3.01. The summed E-state index contributed by atoms with van der Waals surface area (Å²) in [6.07, 6.45) is 7.09. The van der Waals surface area contributed by atoms with Gasteiger partial charge in [-0.25, -0.2) is 0 Å². The molecule has 1 aliphatic heterocycles. The number of hydrogen-bond donors (Lipinski definition) is 0. The van der Waals surface area contributed by atoms with Crippen LogP contribution in [-0.4, -0.2) is 25.4 Å². The van der Waals surface area contributed by atoms with Gasteiger partial charge in [-0.3, -0.25) is 0 Å². The third-order valence-electron chi connectivity index (χ3n) is 4.49. The Morgan fingerprint density at radius 2 is 1.70 bits per heavy atom. The molecule has 0 radical (unpaired) electrons. The first-order valence-corrected chi connectivity index (χ1v) is 9.17. The average Bonchev–Trinajstić information content (AvgIpc) is 2.73. The smallest absolute Gasteiger partial charge is 0.126 e. The van der Waals surface area contributed by atoms with Crippen LogP contribution in [0.4, 0.5) is 0 Å². The Bertz CT molecular complexity index is 724. The first-order valence-electron chi connectivity index (χ1n) is 9.17. The van der Waals surface area contributed by atoms with Gasteiger partial charge in [0.25, 0.3) is 0 Å². The lowest BCUT2D eigenvalue weighted by Gasteiger charge is -2.32. The van der Waals surface area contributed by atoms with E-state index in [2.05, 4.69) is 18.7 Å². The number of methoxy groups -OCH3 is 1. The van der Waals surface area contributed by atoms with Crippen LogP contribution in [0, 0.1) is 0 Å². The minimum Gasteiger partial charge on any atom is -0.497 e. The van der Waals surface area contributed by atoms with Crippen molar-refractivity contribution in [3.63, 3.8) is 0 Å². The number of hydrogen-bond acceptors (Lipinski definition) is 4. The molecule has 0 N–H and O–H groups in total. The normalized spacial score (nSPS) is 22.5. The van der Waals surface area contributed by atoms with Crippen LogP contribution in [0.1, 0.15) is 18.4 Å². The molecule has 3 rings (SSSR count). The Labute approximate surface area is 161 Å². The predicted molar refractivity (Wildman–Crippen MR) is 106 cm³/mol. The van der Waals surface area contributed by atoms with E-state index in [9.17, 15) is 0 Å². The largest absolute Gasteiger partial charge is 0.497 e. The van der Waals surface area contributed by atoms with Crippen molar-refractivity contribution in [2.75, 3.05) is 7.11 Å². The molecule has 0 spiro atoms. The monoisotopic (exact) mass is 366 g/mol. The van der Waals surface area contributed by atoms with Crippen LogP contribution in [0.3, 0.4) is 0 Å². The first kappa shape index (κ1) is 19.2. The van der Waals surface area contributed by atoms with E-state index >= 15 is 0 Å². The Morgan fingerprint density at radius 1 is 1.00 bits per heavy atom. The molecule has 0 unspecified atom stereocenters. The second kappa shape index (κ2) is 9.95. The van der Waals surface area contributed by atoms with E-state index in [4.69, 9.17) is 18.9 Å². The summed E-state index contributed by atoms with van der Waals surface area (Å²) in [7, 11) is 1.64. The molecule has 0 aromatic heterocycles. The van der Waals surface area contributed by atoms with Crippen molar-refractivity contribution in [1.82, 2.24) is 0 Å². The van der Waals surface area contributed by atoms with Crippen molar-refractivity contribution in [3.8, 4) is 11.5 Å². The van der Waals surface area contributed by atoms with Crippen LogP contribution in [0.5, 0.6) is 11.5 Å². The zero-order valence-corrected chi connectivity index (χ0v) is 15.6. The molecule has 1 fully saturated rings. The second-order valence-electron chi connectivity index (χ2n) is 6.46. The highest BCUT2D eigenvalue weighted by Gasteiger charge is 2.27. The summed E-state index contributed by atoms with van der Waals surface area (Å²) >= 11 is 0. The van der Waals surface area contributed by atoms with Crippen LogP contribution in [0.25, 0.3) is 0 Å². The Hall–Kier alpha value is -2.56. The van der Waals surface area contributed by atoms with Crippen molar-refractivity contribution in [1.29, 1.82) is 0 Å². The Balaban J connectivity index is 1.53. The molecule has 1 saturated heterocycles. The minimum absolute atomic E-state index is 0.0184. The Kier molecular flexibility index (Phi) is 7.08. The van der Waals surface area contributed by atoms with Gasteiger partial charge < -0.3 is 18.9 Å². The molecular formula is C23H26O4. The third-order valence-corrected chi connectivity index (χ3v) is 4.49. The predicted octanol–water partition coefficient (Wildman–Crippen LogP) is 4.91. The van der Waals surface area contributed by atoms with Gasteiger partial charge in [-0.15, -0.1) is 6.58 Å². The molecule has 4 nitrogen and oxygen atoms in total. The molecule has 0 amide bonds. The van der Waals surface area contributed by atoms with E-state index in [-0.39, 0.29) is 18.3 Å². The van der Waals surface area contributed by atoms with Crippen molar-refractivity contribution in [3.05, 3.63) is 85.2 Å². The summed E-state index contributed by atoms with van der Waals surface area (Å²) in [5.74, 6) is 1.55. The van der Waals surface area contributed by atoms with Crippen molar-refractivity contribution >= 4 is 0 Å². The molecule has 2 aromatic carbocycles. The van der Waals surface area contributed by atoms with Crippen LogP contribution < -0.4 is 9.47 Å². The number of benzene rings is 2. The summed E-state index contributed by atoms with van der Waals surface area (Å²) in [4.78, 5) is 0. The second-order valence-corrected chi connectivity index (χ2v) is 6.46. The maximum Gasteiger partial charge on any atom is 0.126 e. The highest BCUT2D eigenvalue weighted by Crippen LogP contribution is 2.25. The van der Waals surface area contributed by atoms with Crippen LogP contribution in [0.2, 0.25) is 0 Å². The van der Waals surface area contributed by atoms with E-state index in [1.807, 2.05) is 54.6 Å². The van der Waals surface area contributed by atoms with Gasteiger partial charge in [0.15, 0.2) is 0 Å². The summed E-state index contributed by atoms with van der Waals surface area (Å²) in [6, 6.07) is 17.7. The fourth-order valence-electron chi connectivity index (χ4n) is 3.01. The van der Waals surface area contributed by atoms with Gasteiger partial charge in [0.1, 0.15) is 11.5 Å². The molecule has 1 heterocycles. The van der Waals surface area contributed by atoms with Gasteiger partial charge in [0.05, 0.1) is 38.3 Å². The minimum atomic E-state index is -0.0687. The van der Waals surface area contributed by atoms with Crippen molar-refractivity contribution in [2.45, 2.75) is 37.8 Å². The van der Waals surface area contributed by atoms with Crippen molar-refractivity contribution in [2.24, 2.45) is 0 Å². The lowest BCUT2D eigenvalue weighted by atomic mass is 10.0. The van der Waals surface area contributed by atoms with E-state index < -0.39 is 0 Å². The fraction of sp³-hybridized carbons (Fsp3) is 0.304.